The van der Waals surface area contributed by atoms with Gasteiger partial charge in [0.05, 0.1) is 0 Å². The van der Waals surface area contributed by atoms with Crippen molar-refractivity contribution in [3.63, 3.8) is 0 Å². The van der Waals surface area contributed by atoms with Crippen molar-refractivity contribution in [2.24, 2.45) is 0 Å². The van der Waals surface area contributed by atoms with Crippen LogP contribution in [0.3, 0.4) is 0 Å². The maximum Gasteiger partial charge on any atom is 0.220 e. The van der Waals surface area contributed by atoms with E-state index in [-0.39, 0.29) is 11.8 Å². The topological polar surface area (TPSA) is 110 Å². The van der Waals surface area contributed by atoms with E-state index in [1.807, 2.05) is 48.5 Å². The number of benzene rings is 2. The van der Waals surface area contributed by atoms with Crippen LogP contribution in [0.25, 0.3) is 0 Å². The van der Waals surface area contributed by atoms with E-state index in [4.69, 9.17) is 11.5 Å². The van der Waals surface area contributed by atoms with Crippen LogP contribution in [-0.2, 0) is 22.4 Å². The van der Waals surface area contributed by atoms with Crippen LogP contribution >= 0.6 is 0 Å². The molecule has 0 aliphatic rings. The Balaban J connectivity index is 1.48. The molecule has 0 aliphatic heterocycles. The number of hydrogen-bond acceptors (Lipinski definition) is 4. The fourth-order valence-corrected chi connectivity index (χ4v) is 2.81. The molecule has 0 heterocycles. The lowest BCUT2D eigenvalue weighted by Crippen LogP contribution is -2.26. The summed E-state index contributed by atoms with van der Waals surface area (Å²) in [6.45, 7) is 1.21. The highest BCUT2D eigenvalue weighted by atomic mass is 16.2. The Bertz CT molecular complexity index is 677. The Hall–Kier alpha value is -3.02. The van der Waals surface area contributed by atoms with Gasteiger partial charge in [-0.05, 0) is 61.1 Å². The van der Waals surface area contributed by atoms with Crippen LogP contribution in [0.5, 0.6) is 0 Å². The summed E-state index contributed by atoms with van der Waals surface area (Å²) in [4.78, 5) is 23.7. The Labute approximate surface area is 166 Å². The van der Waals surface area contributed by atoms with Gasteiger partial charge in [0, 0.05) is 37.3 Å². The summed E-state index contributed by atoms with van der Waals surface area (Å²) in [6, 6.07) is 15.3. The van der Waals surface area contributed by atoms with E-state index in [1.165, 1.54) is 0 Å². The molecule has 2 rings (SSSR count). The fraction of sp³-hybridized carbons (Fsp3) is 0.364. The molecule has 0 fully saturated rings. The molecule has 0 saturated carbocycles. The van der Waals surface area contributed by atoms with Crippen LogP contribution in [0.2, 0.25) is 0 Å². The standard InChI is InChI=1S/C22H30N4O2/c23-19-9-5-17(6-10-19)13-15-25-21(27)3-1-2-4-22(28)26-16-14-18-7-11-20(24)12-8-18/h5-12H,1-4,13-16,23-24H2,(H,25,27)(H,26,28). The van der Waals surface area contributed by atoms with Gasteiger partial charge in [0.15, 0.2) is 0 Å². The summed E-state index contributed by atoms with van der Waals surface area (Å²) in [6.07, 6.45) is 3.87. The third-order valence-corrected chi connectivity index (χ3v) is 4.49. The summed E-state index contributed by atoms with van der Waals surface area (Å²) >= 11 is 0. The molecule has 0 aromatic heterocycles. The zero-order valence-electron chi connectivity index (χ0n) is 16.2. The number of anilines is 2. The van der Waals surface area contributed by atoms with Crippen LogP contribution < -0.4 is 22.1 Å². The number of nitrogens with one attached hydrogen (secondary N) is 2. The molecule has 2 aromatic carbocycles. The lowest BCUT2D eigenvalue weighted by Gasteiger charge is -2.07. The first kappa shape index (κ1) is 21.3. The van der Waals surface area contributed by atoms with Crippen LogP contribution in [0.1, 0.15) is 36.8 Å². The Kier molecular flexibility index (Phi) is 8.85. The molecule has 0 spiro atoms. The van der Waals surface area contributed by atoms with Gasteiger partial charge in [0.1, 0.15) is 0 Å². The number of nitrogens with two attached hydrogens (primary N) is 2. The van der Waals surface area contributed by atoms with Gasteiger partial charge in [-0.25, -0.2) is 0 Å². The van der Waals surface area contributed by atoms with E-state index in [0.29, 0.717) is 38.8 Å². The van der Waals surface area contributed by atoms with Gasteiger partial charge >= 0.3 is 0 Å². The van der Waals surface area contributed by atoms with Crippen LogP contribution in [0.4, 0.5) is 11.4 Å². The van der Waals surface area contributed by atoms with Gasteiger partial charge in [-0.15, -0.1) is 0 Å². The highest BCUT2D eigenvalue weighted by molar-refractivity contribution is 5.77. The van der Waals surface area contributed by atoms with Gasteiger partial charge in [-0.2, -0.15) is 0 Å². The van der Waals surface area contributed by atoms with Gasteiger partial charge in [-0.1, -0.05) is 24.3 Å². The summed E-state index contributed by atoms with van der Waals surface area (Å²) in [7, 11) is 0. The van der Waals surface area contributed by atoms with Crippen molar-refractivity contribution in [2.45, 2.75) is 38.5 Å². The second-order valence-electron chi connectivity index (χ2n) is 6.89. The zero-order valence-corrected chi connectivity index (χ0v) is 16.2. The average Bonchev–Trinajstić information content (AvgIpc) is 2.68. The maximum absolute atomic E-state index is 11.8. The lowest BCUT2D eigenvalue weighted by molar-refractivity contribution is -0.123. The minimum atomic E-state index is 0.0270. The van der Waals surface area contributed by atoms with E-state index >= 15 is 0 Å². The fourth-order valence-electron chi connectivity index (χ4n) is 2.81. The number of amides is 2. The van der Waals surface area contributed by atoms with Crippen LogP contribution in [0, 0.1) is 0 Å². The second-order valence-corrected chi connectivity index (χ2v) is 6.89. The normalized spacial score (nSPS) is 10.4. The lowest BCUT2D eigenvalue weighted by atomic mass is 10.1. The summed E-state index contributed by atoms with van der Waals surface area (Å²) in [5.41, 5.74) is 15.1. The predicted molar refractivity (Wildman–Crippen MR) is 114 cm³/mol. The Morgan fingerprint density at radius 1 is 0.643 bits per heavy atom. The number of rotatable bonds is 11. The molecule has 6 nitrogen and oxygen atoms in total. The van der Waals surface area contributed by atoms with Crippen LogP contribution in [-0.4, -0.2) is 24.9 Å². The molecule has 2 aromatic rings. The number of nitrogen functional groups attached to an aromatic ring is 2. The van der Waals surface area contributed by atoms with Gasteiger partial charge in [0.2, 0.25) is 11.8 Å². The monoisotopic (exact) mass is 382 g/mol. The first-order valence-corrected chi connectivity index (χ1v) is 9.75. The quantitative estimate of drug-likeness (QED) is 0.353. The molecule has 0 aliphatic carbocycles. The molecular formula is C22H30N4O2. The highest BCUT2D eigenvalue weighted by Crippen LogP contribution is 2.07. The summed E-state index contributed by atoms with van der Waals surface area (Å²) in [5.74, 6) is 0.0541. The molecule has 6 N–H and O–H groups in total. The van der Waals surface area contributed by atoms with E-state index in [0.717, 1.165) is 35.3 Å². The third kappa shape index (κ3) is 8.58. The second kappa shape index (κ2) is 11.6. The molecule has 0 atom stereocenters. The van der Waals surface area contributed by atoms with Crippen molar-refractivity contribution in [2.75, 3.05) is 24.6 Å². The first-order chi connectivity index (χ1) is 13.5. The van der Waals surface area contributed by atoms with E-state index in [9.17, 15) is 9.59 Å². The molecule has 0 unspecified atom stereocenters. The minimum absolute atomic E-state index is 0.0270. The maximum atomic E-state index is 11.8. The third-order valence-electron chi connectivity index (χ3n) is 4.49. The molecule has 6 heteroatoms. The Morgan fingerprint density at radius 3 is 1.36 bits per heavy atom. The van der Waals surface area contributed by atoms with Crippen molar-refractivity contribution in [1.29, 1.82) is 0 Å². The first-order valence-electron chi connectivity index (χ1n) is 9.75. The molecule has 0 saturated heterocycles. The van der Waals surface area contributed by atoms with E-state index in [2.05, 4.69) is 10.6 Å². The zero-order chi connectivity index (χ0) is 20.2. The average molecular weight is 383 g/mol. The van der Waals surface area contributed by atoms with Crippen molar-refractivity contribution >= 4 is 23.2 Å². The SMILES string of the molecule is Nc1ccc(CCNC(=O)CCCCC(=O)NCCc2ccc(N)cc2)cc1. The summed E-state index contributed by atoms with van der Waals surface area (Å²) in [5, 5.41) is 5.82. The van der Waals surface area contributed by atoms with E-state index in [1.54, 1.807) is 0 Å². The molecule has 0 radical (unpaired) electrons. The van der Waals surface area contributed by atoms with Crippen LogP contribution in [0.15, 0.2) is 48.5 Å². The number of carbonyl (C=O) groups excluding carboxylic acids is 2. The van der Waals surface area contributed by atoms with E-state index < -0.39 is 0 Å². The highest BCUT2D eigenvalue weighted by Gasteiger charge is 2.04. The number of hydrogen-bond donors (Lipinski definition) is 4. The van der Waals surface area contributed by atoms with Crippen molar-refractivity contribution < 1.29 is 9.59 Å². The largest absolute Gasteiger partial charge is 0.399 e. The molecule has 150 valence electrons. The molecule has 0 bridgehead atoms. The minimum Gasteiger partial charge on any atom is -0.399 e. The van der Waals surface area contributed by atoms with Crippen molar-refractivity contribution in [3.05, 3.63) is 59.7 Å². The Morgan fingerprint density at radius 2 is 1.00 bits per heavy atom. The molecule has 2 amide bonds. The smallest absolute Gasteiger partial charge is 0.220 e. The van der Waals surface area contributed by atoms with Gasteiger partial charge < -0.3 is 22.1 Å². The number of unbranched alkanes of at least 4 members (excludes halogenated alkanes) is 1. The molecular weight excluding hydrogens is 352 g/mol. The summed E-state index contributed by atoms with van der Waals surface area (Å²) < 4.78 is 0. The van der Waals surface area contributed by atoms with Gasteiger partial charge in [-0.3, -0.25) is 9.59 Å². The van der Waals surface area contributed by atoms with Crippen molar-refractivity contribution in [3.8, 4) is 0 Å². The number of carbonyl (C=O) groups is 2. The molecule has 28 heavy (non-hydrogen) atoms. The van der Waals surface area contributed by atoms with Gasteiger partial charge in [0.25, 0.3) is 0 Å². The predicted octanol–water partition coefficient (Wildman–Crippen LogP) is 2.43. The van der Waals surface area contributed by atoms with Crippen molar-refractivity contribution in [1.82, 2.24) is 10.6 Å².